The van der Waals surface area contributed by atoms with E-state index in [0.29, 0.717) is 0 Å². The van der Waals surface area contributed by atoms with Crippen LogP contribution in [-0.2, 0) is 0 Å². The Labute approximate surface area is 300 Å². The molecule has 0 spiro atoms. The molecule has 9 aromatic rings. The molecule has 248 valence electrons. The van der Waals surface area contributed by atoms with Crippen molar-refractivity contribution in [2.75, 3.05) is 0 Å². The van der Waals surface area contributed by atoms with Crippen LogP contribution in [0.15, 0.2) is 114 Å². The van der Waals surface area contributed by atoms with Crippen molar-refractivity contribution in [1.29, 1.82) is 0 Å². The third-order valence-corrected chi connectivity index (χ3v) is 12.3. The standard InChI is InChI=1S/C50H42O/c1-27-29(3)33(7)47-45(31(27)5)49(37-22-23-44-42(25-37)40-20-14-15-21-43(40)51-44)46-32(6)28(2)30(4)34(8)48(46)50(47)38-24-36-18-12-13-19-39(36)41(26-38)35-16-10-9-11-17-35/h9-26H,1-8H3. The summed E-state index contributed by atoms with van der Waals surface area (Å²) < 4.78 is 6.33. The summed E-state index contributed by atoms with van der Waals surface area (Å²) in [6.45, 7) is 18.6. The lowest BCUT2D eigenvalue weighted by Crippen LogP contribution is -2.03. The zero-order chi connectivity index (χ0) is 35.3. The largest absolute Gasteiger partial charge is 0.456 e. The van der Waals surface area contributed by atoms with Gasteiger partial charge in [-0.15, -0.1) is 0 Å². The summed E-state index contributed by atoms with van der Waals surface area (Å²) in [6, 6.07) is 39.9. The van der Waals surface area contributed by atoms with E-state index >= 15 is 0 Å². The zero-order valence-corrected chi connectivity index (χ0v) is 30.8. The molecule has 1 heteroatoms. The monoisotopic (exact) mass is 658 g/mol. The van der Waals surface area contributed by atoms with Crippen LogP contribution in [0.2, 0.25) is 0 Å². The van der Waals surface area contributed by atoms with Gasteiger partial charge in [0, 0.05) is 10.8 Å². The fourth-order valence-corrected chi connectivity index (χ4v) is 8.90. The average Bonchev–Trinajstić information content (AvgIpc) is 3.54. The first kappa shape index (κ1) is 31.3. The van der Waals surface area contributed by atoms with Crippen LogP contribution in [0, 0.1) is 55.4 Å². The maximum atomic E-state index is 6.33. The molecule has 0 saturated carbocycles. The number of para-hydroxylation sites is 1. The normalized spacial score (nSPS) is 11.9. The third-order valence-electron chi connectivity index (χ3n) is 12.3. The number of fused-ring (bicyclic) bond motifs is 6. The first-order valence-electron chi connectivity index (χ1n) is 18.1. The van der Waals surface area contributed by atoms with Gasteiger partial charge in [-0.05, 0) is 196 Å². The lowest BCUT2D eigenvalue weighted by molar-refractivity contribution is 0.669. The highest BCUT2D eigenvalue weighted by molar-refractivity contribution is 6.26. The number of hydrogen-bond donors (Lipinski definition) is 0. The van der Waals surface area contributed by atoms with Crippen LogP contribution in [-0.4, -0.2) is 0 Å². The van der Waals surface area contributed by atoms with Crippen LogP contribution in [0.25, 0.3) is 87.6 Å². The molecule has 0 aliphatic rings. The van der Waals surface area contributed by atoms with Crippen molar-refractivity contribution in [2.45, 2.75) is 55.4 Å². The summed E-state index contributed by atoms with van der Waals surface area (Å²) in [4.78, 5) is 0. The van der Waals surface area contributed by atoms with Gasteiger partial charge in [-0.1, -0.05) is 78.9 Å². The highest BCUT2D eigenvalue weighted by atomic mass is 16.3. The van der Waals surface area contributed by atoms with Gasteiger partial charge < -0.3 is 4.42 Å². The molecule has 1 aromatic heterocycles. The molecule has 9 rings (SSSR count). The van der Waals surface area contributed by atoms with Gasteiger partial charge in [0.15, 0.2) is 0 Å². The van der Waals surface area contributed by atoms with Crippen LogP contribution in [0.3, 0.4) is 0 Å². The Morgan fingerprint density at radius 1 is 0.333 bits per heavy atom. The first-order chi connectivity index (χ1) is 24.7. The number of rotatable bonds is 3. The molecular weight excluding hydrogens is 617 g/mol. The number of hydrogen-bond acceptors (Lipinski definition) is 1. The zero-order valence-electron chi connectivity index (χ0n) is 30.8. The Morgan fingerprint density at radius 3 is 1.43 bits per heavy atom. The Hall–Kier alpha value is -5.66. The van der Waals surface area contributed by atoms with E-state index in [4.69, 9.17) is 4.42 Å². The molecule has 0 aliphatic carbocycles. The van der Waals surface area contributed by atoms with E-state index in [0.717, 1.165) is 21.9 Å². The Morgan fingerprint density at radius 2 is 0.824 bits per heavy atom. The predicted molar refractivity (Wildman–Crippen MR) is 220 cm³/mol. The quantitative estimate of drug-likeness (QED) is 0.172. The van der Waals surface area contributed by atoms with E-state index in [1.54, 1.807) is 0 Å². The van der Waals surface area contributed by atoms with Crippen molar-refractivity contribution in [3.8, 4) is 33.4 Å². The van der Waals surface area contributed by atoms with Gasteiger partial charge in [0.1, 0.15) is 11.2 Å². The van der Waals surface area contributed by atoms with Crippen molar-refractivity contribution in [1.82, 2.24) is 0 Å². The second kappa shape index (κ2) is 11.4. The summed E-state index contributed by atoms with van der Waals surface area (Å²) in [5.41, 5.74) is 20.4. The number of benzene rings is 8. The number of aryl methyl sites for hydroxylation is 4. The third kappa shape index (κ3) is 4.47. The van der Waals surface area contributed by atoms with Crippen molar-refractivity contribution in [2.24, 2.45) is 0 Å². The van der Waals surface area contributed by atoms with Crippen molar-refractivity contribution in [3.05, 3.63) is 154 Å². The van der Waals surface area contributed by atoms with Crippen LogP contribution in [0.5, 0.6) is 0 Å². The van der Waals surface area contributed by atoms with E-state index in [2.05, 4.69) is 165 Å². The van der Waals surface area contributed by atoms with Crippen molar-refractivity contribution < 1.29 is 4.42 Å². The van der Waals surface area contributed by atoms with Crippen LogP contribution in [0.1, 0.15) is 44.5 Å². The molecule has 8 aromatic carbocycles. The summed E-state index contributed by atoms with van der Waals surface area (Å²) in [6.07, 6.45) is 0. The Kier molecular flexibility index (Phi) is 7.03. The fraction of sp³-hybridized carbons (Fsp3) is 0.160. The van der Waals surface area contributed by atoms with E-state index in [-0.39, 0.29) is 0 Å². The second-order valence-corrected chi connectivity index (χ2v) is 14.7. The molecule has 0 unspecified atom stereocenters. The summed E-state index contributed by atoms with van der Waals surface area (Å²) in [5, 5.41) is 10.3. The molecule has 0 N–H and O–H groups in total. The van der Waals surface area contributed by atoms with Gasteiger partial charge in [-0.3, -0.25) is 0 Å². The van der Waals surface area contributed by atoms with Crippen molar-refractivity contribution >= 4 is 54.3 Å². The lowest BCUT2D eigenvalue weighted by atomic mass is 9.76. The Balaban J connectivity index is 1.54. The van der Waals surface area contributed by atoms with Crippen molar-refractivity contribution in [3.63, 3.8) is 0 Å². The molecule has 0 saturated heterocycles. The van der Waals surface area contributed by atoms with Gasteiger partial charge in [0.2, 0.25) is 0 Å². The van der Waals surface area contributed by atoms with Crippen LogP contribution < -0.4 is 0 Å². The SMILES string of the molecule is Cc1c(C)c(C)c2c(-c3ccc4oc5ccccc5c4c3)c3c(C)c(C)c(C)c(C)c3c(-c3cc(-c4ccccc4)c4ccccc4c3)c2c1C. The molecule has 51 heavy (non-hydrogen) atoms. The molecule has 0 atom stereocenters. The minimum atomic E-state index is 0.926. The van der Waals surface area contributed by atoms with Gasteiger partial charge in [-0.25, -0.2) is 0 Å². The van der Waals surface area contributed by atoms with Gasteiger partial charge >= 0.3 is 0 Å². The smallest absolute Gasteiger partial charge is 0.135 e. The minimum absolute atomic E-state index is 0.926. The van der Waals surface area contributed by atoms with E-state index in [9.17, 15) is 0 Å². The first-order valence-corrected chi connectivity index (χ1v) is 18.1. The predicted octanol–water partition coefficient (Wildman–Crippen LogP) is 14.5. The lowest BCUT2D eigenvalue weighted by Gasteiger charge is -2.27. The molecule has 0 radical (unpaired) electrons. The van der Waals surface area contributed by atoms with Crippen LogP contribution >= 0.6 is 0 Å². The fourth-order valence-electron chi connectivity index (χ4n) is 8.90. The molecule has 0 bridgehead atoms. The average molecular weight is 659 g/mol. The maximum absolute atomic E-state index is 6.33. The summed E-state index contributed by atoms with van der Waals surface area (Å²) in [5.74, 6) is 0. The molecule has 0 fully saturated rings. The summed E-state index contributed by atoms with van der Waals surface area (Å²) >= 11 is 0. The topological polar surface area (TPSA) is 13.1 Å². The van der Waals surface area contributed by atoms with E-state index in [1.807, 2.05) is 0 Å². The van der Waals surface area contributed by atoms with Gasteiger partial charge in [0.05, 0.1) is 0 Å². The molecule has 1 heterocycles. The van der Waals surface area contributed by atoms with Gasteiger partial charge in [-0.2, -0.15) is 0 Å². The highest BCUT2D eigenvalue weighted by Gasteiger charge is 2.26. The van der Waals surface area contributed by atoms with E-state index < -0.39 is 0 Å². The molecule has 1 nitrogen and oxygen atoms in total. The molecule has 0 amide bonds. The number of furan rings is 1. The van der Waals surface area contributed by atoms with Gasteiger partial charge in [0.25, 0.3) is 0 Å². The van der Waals surface area contributed by atoms with E-state index in [1.165, 1.54) is 110 Å². The highest BCUT2D eigenvalue weighted by Crippen LogP contribution is 2.52. The van der Waals surface area contributed by atoms with Crippen LogP contribution in [0.4, 0.5) is 0 Å². The Bertz CT molecular complexity index is 2840. The minimum Gasteiger partial charge on any atom is -0.456 e. The summed E-state index contributed by atoms with van der Waals surface area (Å²) in [7, 11) is 0. The second-order valence-electron chi connectivity index (χ2n) is 14.7. The molecule has 0 aliphatic heterocycles. The maximum Gasteiger partial charge on any atom is 0.135 e. The molecular formula is C50H42O.